The first-order valence-corrected chi connectivity index (χ1v) is 9.90. The van der Waals surface area contributed by atoms with E-state index < -0.39 is 0 Å². The highest BCUT2D eigenvalue weighted by atomic mass is 79.9. The molecule has 3 nitrogen and oxygen atoms in total. The molecule has 0 saturated heterocycles. The third-order valence-corrected chi connectivity index (χ3v) is 5.52. The van der Waals surface area contributed by atoms with E-state index in [9.17, 15) is 4.39 Å². The Morgan fingerprint density at radius 2 is 1.85 bits per heavy atom. The molecule has 0 spiro atoms. The number of halogens is 2. The third kappa shape index (κ3) is 3.81. The molecule has 4 aromatic rings. The van der Waals surface area contributed by atoms with Gasteiger partial charge in [0.25, 0.3) is 0 Å². The Balaban J connectivity index is 1.65. The van der Waals surface area contributed by atoms with Gasteiger partial charge in [0.2, 0.25) is 0 Å². The van der Waals surface area contributed by atoms with Crippen LogP contribution >= 0.6 is 27.7 Å². The maximum Gasteiger partial charge on any atom is 0.170 e. The predicted molar refractivity (Wildman–Crippen MR) is 107 cm³/mol. The quantitative estimate of drug-likeness (QED) is 0.384. The van der Waals surface area contributed by atoms with Gasteiger partial charge in [0, 0.05) is 16.4 Å². The van der Waals surface area contributed by atoms with Crippen LogP contribution in [0.4, 0.5) is 4.39 Å². The van der Waals surface area contributed by atoms with Crippen molar-refractivity contribution in [2.45, 2.75) is 17.5 Å². The van der Waals surface area contributed by atoms with Crippen molar-refractivity contribution in [3.05, 3.63) is 88.3 Å². The van der Waals surface area contributed by atoms with Gasteiger partial charge in [-0.25, -0.2) is 14.4 Å². The van der Waals surface area contributed by atoms with E-state index in [0.29, 0.717) is 6.54 Å². The fourth-order valence-electron chi connectivity index (χ4n) is 2.74. The molecule has 0 aliphatic heterocycles. The number of rotatable bonds is 5. The molecule has 0 unspecified atom stereocenters. The topological polar surface area (TPSA) is 30.7 Å². The summed E-state index contributed by atoms with van der Waals surface area (Å²) >= 11 is 5.16. The number of benzene rings is 2. The molecular weight excluding hydrogens is 413 g/mol. The molecule has 0 bridgehead atoms. The van der Waals surface area contributed by atoms with Gasteiger partial charge in [0.15, 0.2) is 10.8 Å². The van der Waals surface area contributed by atoms with E-state index in [2.05, 4.69) is 37.6 Å². The number of pyridine rings is 1. The van der Waals surface area contributed by atoms with Crippen LogP contribution in [-0.4, -0.2) is 14.5 Å². The highest BCUT2D eigenvalue weighted by Gasteiger charge is 2.13. The molecule has 0 N–H and O–H groups in total. The molecule has 0 amide bonds. The van der Waals surface area contributed by atoms with Gasteiger partial charge in [-0.05, 0) is 47.5 Å². The highest BCUT2D eigenvalue weighted by molar-refractivity contribution is 9.10. The lowest BCUT2D eigenvalue weighted by atomic mass is 10.2. The number of hydrogen-bond donors (Lipinski definition) is 0. The van der Waals surface area contributed by atoms with Crippen LogP contribution in [0.1, 0.15) is 11.1 Å². The van der Waals surface area contributed by atoms with Crippen LogP contribution in [0, 0.1) is 5.82 Å². The van der Waals surface area contributed by atoms with Crippen LogP contribution in [0.3, 0.4) is 0 Å². The Hall–Kier alpha value is -2.18. The highest BCUT2D eigenvalue weighted by Crippen LogP contribution is 2.27. The first kappa shape index (κ1) is 17.2. The van der Waals surface area contributed by atoms with Gasteiger partial charge in [-0.3, -0.25) is 4.57 Å². The number of nitrogens with zero attached hydrogens (tertiary/aromatic N) is 3. The molecule has 0 radical (unpaired) electrons. The summed E-state index contributed by atoms with van der Waals surface area (Å²) in [4.78, 5) is 9.25. The molecule has 0 atom stereocenters. The Morgan fingerprint density at radius 1 is 1.00 bits per heavy atom. The fourth-order valence-corrected chi connectivity index (χ4v) is 4.14. The van der Waals surface area contributed by atoms with E-state index >= 15 is 0 Å². The lowest BCUT2D eigenvalue weighted by Crippen LogP contribution is -2.02. The maximum atomic E-state index is 13.1. The van der Waals surface area contributed by atoms with Crippen molar-refractivity contribution >= 4 is 38.9 Å². The van der Waals surface area contributed by atoms with Crippen molar-refractivity contribution in [2.75, 3.05) is 0 Å². The Bertz CT molecular complexity index is 1050. The van der Waals surface area contributed by atoms with Gasteiger partial charge in [0.1, 0.15) is 11.3 Å². The summed E-state index contributed by atoms with van der Waals surface area (Å²) in [5, 5.41) is 0.906. The van der Waals surface area contributed by atoms with E-state index in [4.69, 9.17) is 4.98 Å². The van der Waals surface area contributed by atoms with E-state index in [1.54, 1.807) is 18.0 Å². The molecule has 0 aliphatic carbocycles. The molecule has 2 aromatic heterocycles. The monoisotopic (exact) mass is 427 g/mol. The minimum atomic E-state index is -0.218. The van der Waals surface area contributed by atoms with E-state index in [0.717, 1.165) is 32.1 Å². The molecule has 0 aliphatic rings. The van der Waals surface area contributed by atoms with Crippen LogP contribution in [-0.2, 0) is 12.3 Å². The lowest BCUT2D eigenvalue weighted by Gasteiger charge is -2.09. The summed E-state index contributed by atoms with van der Waals surface area (Å²) in [6, 6.07) is 18.7. The Labute approximate surface area is 163 Å². The van der Waals surface area contributed by atoms with E-state index in [1.807, 2.05) is 36.4 Å². The largest absolute Gasteiger partial charge is 0.299 e. The number of imidazole rings is 1. The van der Waals surface area contributed by atoms with Crippen LogP contribution in [0.15, 0.2) is 76.5 Å². The minimum absolute atomic E-state index is 0.218. The molecule has 4 rings (SSSR count). The van der Waals surface area contributed by atoms with Gasteiger partial charge < -0.3 is 0 Å². The van der Waals surface area contributed by atoms with E-state index in [1.165, 1.54) is 17.7 Å². The second-order valence-corrected chi connectivity index (χ2v) is 7.73. The maximum absolute atomic E-state index is 13.1. The Morgan fingerprint density at radius 3 is 2.65 bits per heavy atom. The van der Waals surface area contributed by atoms with Crippen LogP contribution < -0.4 is 0 Å². The summed E-state index contributed by atoms with van der Waals surface area (Å²) in [6.45, 7) is 0.693. The van der Waals surface area contributed by atoms with Crippen molar-refractivity contribution < 1.29 is 4.39 Å². The van der Waals surface area contributed by atoms with Crippen molar-refractivity contribution in [2.24, 2.45) is 0 Å². The van der Waals surface area contributed by atoms with Crippen molar-refractivity contribution in [1.29, 1.82) is 0 Å². The molecule has 0 saturated carbocycles. The summed E-state index contributed by atoms with van der Waals surface area (Å²) in [5.74, 6) is 0.507. The van der Waals surface area contributed by atoms with Gasteiger partial charge in [-0.15, -0.1) is 0 Å². The summed E-state index contributed by atoms with van der Waals surface area (Å²) in [6.07, 6.45) is 1.79. The van der Waals surface area contributed by atoms with Gasteiger partial charge >= 0.3 is 0 Å². The average molecular weight is 428 g/mol. The molecule has 26 heavy (non-hydrogen) atoms. The zero-order valence-corrected chi connectivity index (χ0v) is 16.2. The molecule has 0 fully saturated rings. The number of hydrogen-bond acceptors (Lipinski definition) is 3. The SMILES string of the molecule is Fc1ccc(CSc2nc3cccnc3n2Cc2cccc(Br)c2)cc1. The van der Waals surface area contributed by atoms with Crippen molar-refractivity contribution in [3.63, 3.8) is 0 Å². The zero-order valence-electron chi connectivity index (χ0n) is 13.8. The number of fused-ring (bicyclic) bond motifs is 1. The standard InChI is InChI=1S/C20H15BrFN3S/c21-16-4-1-3-15(11-16)12-25-19-18(5-2-10-23-19)24-20(25)26-13-14-6-8-17(22)9-7-14/h1-11H,12-13H2. The second kappa shape index (κ2) is 7.60. The minimum Gasteiger partial charge on any atom is -0.299 e. The molecule has 2 aromatic carbocycles. The summed E-state index contributed by atoms with van der Waals surface area (Å²) in [7, 11) is 0. The van der Waals surface area contributed by atoms with Crippen molar-refractivity contribution in [3.8, 4) is 0 Å². The molecule has 2 heterocycles. The van der Waals surface area contributed by atoms with Crippen LogP contribution in [0.5, 0.6) is 0 Å². The van der Waals surface area contributed by atoms with Gasteiger partial charge in [-0.2, -0.15) is 0 Å². The molecular formula is C20H15BrFN3S. The molecule has 130 valence electrons. The predicted octanol–water partition coefficient (Wildman–Crippen LogP) is 5.67. The lowest BCUT2D eigenvalue weighted by molar-refractivity contribution is 0.627. The van der Waals surface area contributed by atoms with Crippen molar-refractivity contribution in [1.82, 2.24) is 14.5 Å². The summed E-state index contributed by atoms with van der Waals surface area (Å²) < 4.78 is 16.3. The Kier molecular flexibility index (Phi) is 5.04. The molecule has 6 heteroatoms. The van der Waals surface area contributed by atoms with Crippen LogP contribution in [0.2, 0.25) is 0 Å². The van der Waals surface area contributed by atoms with Gasteiger partial charge in [0.05, 0.1) is 6.54 Å². The fraction of sp³-hybridized carbons (Fsp3) is 0.100. The summed E-state index contributed by atoms with van der Waals surface area (Å²) in [5.41, 5.74) is 3.98. The number of aromatic nitrogens is 3. The zero-order chi connectivity index (χ0) is 17.9. The number of thioether (sulfide) groups is 1. The second-order valence-electron chi connectivity index (χ2n) is 5.87. The first-order valence-electron chi connectivity index (χ1n) is 8.12. The first-order chi connectivity index (χ1) is 12.7. The van der Waals surface area contributed by atoms with E-state index in [-0.39, 0.29) is 5.82 Å². The third-order valence-electron chi connectivity index (χ3n) is 3.98. The normalized spacial score (nSPS) is 11.2. The van der Waals surface area contributed by atoms with Gasteiger partial charge in [-0.1, -0.05) is 52.0 Å². The smallest absolute Gasteiger partial charge is 0.170 e. The van der Waals surface area contributed by atoms with Crippen LogP contribution in [0.25, 0.3) is 11.2 Å². The average Bonchev–Trinajstić information content (AvgIpc) is 2.99.